The number of thioether (sulfide) groups is 1. The summed E-state index contributed by atoms with van der Waals surface area (Å²) < 4.78 is 11.1. The van der Waals surface area contributed by atoms with Gasteiger partial charge < -0.3 is 20.5 Å². The molecule has 1 aliphatic rings. The van der Waals surface area contributed by atoms with Crippen molar-refractivity contribution in [1.82, 2.24) is 9.97 Å². The van der Waals surface area contributed by atoms with Crippen molar-refractivity contribution in [2.75, 3.05) is 37.6 Å². The number of methoxy groups -OCH3 is 1. The van der Waals surface area contributed by atoms with E-state index in [1.807, 2.05) is 18.4 Å². The van der Waals surface area contributed by atoms with E-state index in [9.17, 15) is 0 Å². The lowest BCUT2D eigenvalue weighted by atomic mass is 9.96. The van der Waals surface area contributed by atoms with Gasteiger partial charge >= 0.3 is 0 Å². The molecular weight excluding hydrogens is 312 g/mol. The van der Waals surface area contributed by atoms with Crippen molar-refractivity contribution in [3.05, 3.63) is 29.8 Å². The molecule has 0 fully saturated rings. The maximum Gasteiger partial charge on any atom is 0.191 e. The van der Waals surface area contributed by atoms with Gasteiger partial charge in [0.2, 0.25) is 0 Å². The highest BCUT2D eigenvalue weighted by atomic mass is 32.2. The molecule has 1 aliphatic heterocycles. The van der Waals surface area contributed by atoms with Crippen LogP contribution in [-0.2, 0) is 6.42 Å². The predicted octanol–water partition coefficient (Wildman–Crippen LogP) is 2.45. The number of nitrogen functional groups attached to an aromatic ring is 1. The van der Waals surface area contributed by atoms with Crippen LogP contribution in [0.2, 0.25) is 0 Å². The lowest BCUT2D eigenvalue weighted by Gasteiger charge is -2.26. The third-order valence-electron chi connectivity index (χ3n) is 3.74. The summed E-state index contributed by atoms with van der Waals surface area (Å²) in [7, 11) is 1.66. The Balaban J connectivity index is 1.62. The highest BCUT2D eigenvalue weighted by molar-refractivity contribution is 7.98. The van der Waals surface area contributed by atoms with E-state index in [1.165, 1.54) is 17.3 Å². The number of fused-ring (bicyclic) bond motifs is 1. The standard InChI is InChI=1S/C16H20N4O2S/c1-21-12-4-3-11-5-10(9-22-13(11)6-12)8-18-15-7-14(17)19-16(20-15)23-2/h3-4,6-7,10H,5,8-9H2,1-2H3,(H3,17,18,19,20)/t10-/m0/s1. The molecule has 0 amide bonds. The maximum absolute atomic E-state index is 5.85. The zero-order valence-corrected chi connectivity index (χ0v) is 14.0. The monoisotopic (exact) mass is 332 g/mol. The Morgan fingerprint density at radius 1 is 1.39 bits per heavy atom. The van der Waals surface area contributed by atoms with Gasteiger partial charge in [0, 0.05) is 24.6 Å². The summed E-state index contributed by atoms with van der Waals surface area (Å²) in [5.41, 5.74) is 7.00. The Kier molecular flexibility index (Phi) is 4.76. The number of hydrogen-bond acceptors (Lipinski definition) is 7. The number of ether oxygens (including phenoxy) is 2. The number of aromatic nitrogens is 2. The first-order chi connectivity index (χ1) is 11.2. The molecule has 1 aromatic carbocycles. The first-order valence-corrected chi connectivity index (χ1v) is 8.62. The van der Waals surface area contributed by atoms with Gasteiger partial charge in [0.1, 0.15) is 23.1 Å². The number of nitrogens with two attached hydrogens (primary N) is 1. The second kappa shape index (κ2) is 6.95. The molecule has 0 aliphatic carbocycles. The smallest absolute Gasteiger partial charge is 0.191 e. The molecule has 6 nitrogen and oxygen atoms in total. The van der Waals surface area contributed by atoms with Gasteiger partial charge in [-0.3, -0.25) is 0 Å². The van der Waals surface area contributed by atoms with Gasteiger partial charge in [0.25, 0.3) is 0 Å². The molecule has 0 radical (unpaired) electrons. The molecule has 0 saturated carbocycles. The van der Waals surface area contributed by atoms with Crippen molar-refractivity contribution in [3.63, 3.8) is 0 Å². The van der Waals surface area contributed by atoms with Crippen LogP contribution in [0.1, 0.15) is 5.56 Å². The zero-order valence-electron chi connectivity index (χ0n) is 13.2. The maximum atomic E-state index is 5.85. The van der Waals surface area contributed by atoms with E-state index >= 15 is 0 Å². The fourth-order valence-corrected chi connectivity index (χ4v) is 2.93. The fraction of sp³-hybridized carbons (Fsp3) is 0.375. The van der Waals surface area contributed by atoms with E-state index in [-0.39, 0.29) is 0 Å². The summed E-state index contributed by atoms with van der Waals surface area (Å²) in [5.74, 6) is 3.34. The normalized spacial score (nSPS) is 16.3. The second-order valence-corrected chi connectivity index (χ2v) is 6.17. The molecule has 2 aromatic rings. The quantitative estimate of drug-likeness (QED) is 0.643. The first-order valence-electron chi connectivity index (χ1n) is 7.40. The highest BCUT2D eigenvalue weighted by Gasteiger charge is 2.20. The van der Waals surface area contributed by atoms with Crippen LogP contribution in [0.15, 0.2) is 29.4 Å². The fourth-order valence-electron chi connectivity index (χ4n) is 2.55. The minimum Gasteiger partial charge on any atom is -0.497 e. The topological polar surface area (TPSA) is 82.3 Å². The van der Waals surface area contributed by atoms with Crippen molar-refractivity contribution >= 4 is 23.4 Å². The number of hydrogen-bond donors (Lipinski definition) is 2. The Labute approximate surface area is 139 Å². The summed E-state index contributed by atoms with van der Waals surface area (Å²) in [6.45, 7) is 1.44. The molecule has 3 N–H and O–H groups in total. The Bertz CT molecular complexity index is 696. The van der Waals surface area contributed by atoms with E-state index < -0.39 is 0 Å². The molecule has 122 valence electrons. The summed E-state index contributed by atoms with van der Waals surface area (Å²) >= 11 is 1.47. The lowest BCUT2D eigenvalue weighted by Crippen LogP contribution is -2.27. The van der Waals surface area contributed by atoms with Crippen LogP contribution in [0.5, 0.6) is 11.5 Å². The molecule has 1 atom stereocenters. The summed E-state index contributed by atoms with van der Waals surface area (Å²) in [6, 6.07) is 7.72. The number of rotatable bonds is 5. The molecule has 0 bridgehead atoms. The Morgan fingerprint density at radius 2 is 2.26 bits per heavy atom. The molecule has 23 heavy (non-hydrogen) atoms. The summed E-state index contributed by atoms with van der Waals surface area (Å²) in [6.07, 6.45) is 2.89. The van der Waals surface area contributed by atoms with Gasteiger partial charge in [-0.2, -0.15) is 0 Å². The van der Waals surface area contributed by atoms with Gasteiger partial charge in [0.05, 0.1) is 13.7 Å². The molecule has 0 unspecified atom stereocenters. The number of nitrogens with zero attached hydrogens (tertiary/aromatic N) is 2. The van der Waals surface area contributed by atoms with Crippen molar-refractivity contribution < 1.29 is 9.47 Å². The van der Waals surface area contributed by atoms with Crippen LogP contribution >= 0.6 is 11.8 Å². The van der Waals surface area contributed by atoms with Crippen molar-refractivity contribution in [2.24, 2.45) is 5.92 Å². The molecule has 3 rings (SSSR count). The third kappa shape index (κ3) is 3.79. The summed E-state index contributed by atoms with van der Waals surface area (Å²) in [5, 5.41) is 4.01. The molecular formula is C16H20N4O2S. The van der Waals surface area contributed by atoms with E-state index in [2.05, 4.69) is 21.4 Å². The molecule has 7 heteroatoms. The molecule has 0 spiro atoms. The second-order valence-electron chi connectivity index (χ2n) is 5.40. The third-order valence-corrected chi connectivity index (χ3v) is 4.29. The minimum absolute atomic E-state index is 0.379. The zero-order chi connectivity index (χ0) is 16.2. The van der Waals surface area contributed by atoms with Gasteiger partial charge in [-0.1, -0.05) is 17.8 Å². The van der Waals surface area contributed by atoms with Crippen molar-refractivity contribution in [3.8, 4) is 11.5 Å². The largest absolute Gasteiger partial charge is 0.497 e. The van der Waals surface area contributed by atoms with Crippen LogP contribution in [0.3, 0.4) is 0 Å². The van der Waals surface area contributed by atoms with Crippen LogP contribution in [0, 0.1) is 5.92 Å². The van der Waals surface area contributed by atoms with E-state index in [4.69, 9.17) is 15.2 Å². The van der Waals surface area contributed by atoms with Gasteiger partial charge in [-0.25, -0.2) is 9.97 Å². The van der Waals surface area contributed by atoms with Crippen LogP contribution < -0.4 is 20.5 Å². The van der Waals surface area contributed by atoms with Gasteiger partial charge in [-0.15, -0.1) is 0 Å². The molecule has 2 heterocycles. The lowest BCUT2D eigenvalue weighted by molar-refractivity contribution is 0.228. The van der Waals surface area contributed by atoms with Crippen LogP contribution in [-0.4, -0.2) is 36.5 Å². The number of anilines is 2. The van der Waals surface area contributed by atoms with E-state index in [1.54, 1.807) is 13.2 Å². The van der Waals surface area contributed by atoms with Crippen LogP contribution in [0.4, 0.5) is 11.6 Å². The SMILES string of the molecule is COc1ccc2c(c1)OC[C@H](CNc1cc(N)nc(SC)n1)C2. The predicted molar refractivity (Wildman–Crippen MR) is 92.4 cm³/mol. The highest BCUT2D eigenvalue weighted by Crippen LogP contribution is 2.31. The number of benzene rings is 1. The average Bonchev–Trinajstić information content (AvgIpc) is 2.58. The minimum atomic E-state index is 0.379. The first kappa shape index (κ1) is 15.7. The van der Waals surface area contributed by atoms with Gasteiger partial charge in [-0.05, 0) is 24.3 Å². The molecule has 1 aromatic heterocycles. The van der Waals surface area contributed by atoms with E-state index in [0.29, 0.717) is 23.5 Å². The average molecular weight is 332 g/mol. The van der Waals surface area contributed by atoms with Crippen LogP contribution in [0.25, 0.3) is 0 Å². The van der Waals surface area contributed by atoms with Gasteiger partial charge in [0.15, 0.2) is 5.16 Å². The Morgan fingerprint density at radius 3 is 3.04 bits per heavy atom. The van der Waals surface area contributed by atoms with Crippen molar-refractivity contribution in [1.29, 1.82) is 0 Å². The van der Waals surface area contributed by atoms with E-state index in [0.717, 1.165) is 30.3 Å². The number of nitrogens with one attached hydrogen (secondary N) is 1. The Hall–Kier alpha value is -2.15. The molecule has 0 saturated heterocycles. The van der Waals surface area contributed by atoms with Crippen molar-refractivity contribution in [2.45, 2.75) is 11.6 Å². The summed E-state index contributed by atoms with van der Waals surface area (Å²) in [4.78, 5) is 8.55.